The van der Waals surface area contributed by atoms with Crippen molar-refractivity contribution in [1.82, 2.24) is 9.88 Å². The van der Waals surface area contributed by atoms with E-state index in [-0.39, 0.29) is 23.3 Å². The molecule has 5 rings (SSSR count). The van der Waals surface area contributed by atoms with Crippen molar-refractivity contribution in [3.05, 3.63) is 71.1 Å². The lowest BCUT2D eigenvalue weighted by Crippen LogP contribution is -2.41. The predicted molar refractivity (Wildman–Crippen MR) is 126 cm³/mol. The fourth-order valence-electron chi connectivity index (χ4n) is 4.09. The van der Waals surface area contributed by atoms with E-state index in [1.165, 1.54) is 23.5 Å². The van der Waals surface area contributed by atoms with Gasteiger partial charge in [-0.05, 0) is 49.2 Å². The van der Waals surface area contributed by atoms with Gasteiger partial charge in [-0.15, -0.1) is 11.3 Å². The van der Waals surface area contributed by atoms with Gasteiger partial charge in [-0.3, -0.25) is 9.59 Å². The highest BCUT2D eigenvalue weighted by Gasteiger charge is 2.31. The van der Waals surface area contributed by atoms with Gasteiger partial charge in [0.25, 0.3) is 5.91 Å². The van der Waals surface area contributed by atoms with Gasteiger partial charge in [0.1, 0.15) is 11.3 Å². The summed E-state index contributed by atoms with van der Waals surface area (Å²) in [6, 6.07) is 13.7. The number of carbonyl (C=O) groups is 2. The zero-order valence-corrected chi connectivity index (χ0v) is 19.2. The molecule has 0 spiro atoms. The van der Waals surface area contributed by atoms with Crippen LogP contribution < -0.4 is 5.32 Å². The second-order valence-electron chi connectivity index (χ2n) is 8.32. The molecule has 2 aromatic carbocycles. The van der Waals surface area contributed by atoms with Gasteiger partial charge in [0.15, 0.2) is 10.9 Å². The van der Waals surface area contributed by atoms with E-state index in [0.29, 0.717) is 42.5 Å². The Labute approximate surface area is 202 Å². The highest BCUT2D eigenvalue weighted by atomic mass is 32.1. The molecule has 0 radical (unpaired) electrons. The van der Waals surface area contributed by atoms with Crippen LogP contribution in [0.4, 0.5) is 18.3 Å². The van der Waals surface area contributed by atoms with E-state index in [2.05, 4.69) is 10.3 Å². The van der Waals surface area contributed by atoms with Gasteiger partial charge in [0, 0.05) is 35.3 Å². The van der Waals surface area contributed by atoms with Crippen LogP contribution in [0, 0.1) is 5.92 Å². The summed E-state index contributed by atoms with van der Waals surface area (Å²) < 4.78 is 44.0. The first-order chi connectivity index (χ1) is 16.8. The number of aromatic nitrogens is 1. The van der Waals surface area contributed by atoms with Gasteiger partial charge in [-0.1, -0.05) is 18.2 Å². The second-order valence-corrected chi connectivity index (χ2v) is 9.18. The number of hydrogen-bond donors (Lipinski definition) is 1. The molecule has 6 nitrogen and oxygen atoms in total. The molecule has 2 aromatic heterocycles. The number of nitrogens with one attached hydrogen (secondary N) is 1. The third kappa shape index (κ3) is 4.93. The second kappa shape index (κ2) is 9.18. The number of hydrogen-bond acceptors (Lipinski definition) is 5. The number of rotatable bonds is 4. The highest BCUT2D eigenvalue weighted by Crippen LogP contribution is 2.31. The number of amides is 2. The molecule has 0 bridgehead atoms. The van der Waals surface area contributed by atoms with E-state index in [4.69, 9.17) is 4.42 Å². The first kappa shape index (κ1) is 23.1. The largest absolute Gasteiger partial charge is 0.454 e. The first-order valence-corrected chi connectivity index (χ1v) is 11.9. The number of furan rings is 1. The minimum Gasteiger partial charge on any atom is -0.454 e. The Morgan fingerprint density at radius 1 is 1.06 bits per heavy atom. The summed E-state index contributed by atoms with van der Waals surface area (Å²) in [5.74, 6) is -0.173. The third-order valence-electron chi connectivity index (χ3n) is 6.02. The van der Waals surface area contributed by atoms with Gasteiger partial charge in [-0.25, -0.2) is 4.98 Å². The number of nitrogens with zero attached hydrogens (tertiary/aromatic N) is 2. The summed E-state index contributed by atoms with van der Waals surface area (Å²) in [4.78, 5) is 31.4. The fourth-order valence-corrected chi connectivity index (χ4v) is 4.79. The molecule has 0 atom stereocenters. The van der Waals surface area contributed by atoms with Crippen molar-refractivity contribution in [3.63, 3.8) is 0 Å². The molecule has 1 aliphatic heterocycles. The van der Waals surface area contributed by atoms with Crippen molar-refractivity contribution < 1.29 is 27.2 Å². The molecule has 1 fully saturated rings. The Morgan fingerprint density at radius 3 is 2.46 bits per heavy atom. The lowest BCUT2D eigenvalue weighted by Gasteiger charge is -2.31. The van der Waals surface area contributed by atoms with Crippen molar-refractivity contribution >= 4 is 39.3 Å². The van der Waals surface area contributed by atoms with E-state index in [0.717, 1.165) is 23.1 Å². The van der Waals surface area contributed by atoms with Gasteiger partial charge < -0.3 is 14.6 Å². The van der Waals surface area contributed by atoms with Gasteiger partial charge >= 0.3 is 6.18 Å². The van der Waals surface area contributed by atoms with Crippen LogP contribution in [-0.2, 0) is 11.0 Å². The fraction of sp³-hybridized carbons (Fsp3) is 0.240. The Bertz CT molecular complexity index is 1340. The molecule has 1 aliphatic rings. The summed E-state index contributed by atoms with van der Waals surface area (Å²) in [5, 5.41) is 6.10. The minimum atomic E-state index is -4.45. The summed E-state index contributed by atoms with van der Waals surface area (Å²) in [5.41, 5.74) is 0.800. The van der Waals surface area contributed by atoms with Crippen LogP contribution in [0.15, 0.2) is 64.4 Å². The van der Waals surface area contributed by atoms with Crippen LogP contribution in [0.3, 0.4) is 0 Å². The SMILES string of the molecule is O=C(Nc1nc(-c2cc3ccccc3o2)cs1)C1CCN(C(=O)c2ccc(C(F)(F)F)cc2)CC1. The van der Waals surface area contributed by atoms with Gasteiger partial charge in [0.2, 0.25) is 5.91 Å². The lowest BCUT2D eigenvalue weighted by molar-refractivity contribution is -0.137. The van der Waals surface area contributed by atoms with Crippen molar-refractivity contribution in [2.24, 2.45) is 5.92 Å². The van der Waals surface area contributed by atoms with E-state index >= 15 is 0 Å². The van der Waals surface area contributed by atoms with Crippen LogP contribution in [0.1, 0.15) is 28.8 Å². The number of likely N-dealkylation sites (tertiary alicyclic amines) is 1. The Balaban J connectivity index is 1.16. The quantitative estimate of drug-likeness (QED) is 0.370. The average molecular weight is 500 g/mol. The molecule has 10 heteroatoms. The molecule has 180 valence electrons. The first-order valence-electron chi connectivity index (χ1n) is 11.0. The van der Waals surface area contributed by atoms with Crippen molar-refractivity contribution in [3.8, 4) is 11.5 Å². The molecule has 1 saturated heterocycles. The topological polar surface area (TPSA) is 75.4 Å². The summed E-state index contributed by atoms with van der Waals surface area (Å²) >= 11 is 1.30. The lowest BCUT2D eigenvalue weighted by atomic mass is 9.95. The van der Waals surface area contributed by atoms with Gasteiger partial charge in [0.05, 0.1) is 5.56 Å². The Morgan fingerprint density at radius 2 is 1.77 bits per heavy atom. The Kier molecular flexibility index (Phi) is 6.06. The predicted octanol–water partition coefficient (Wildman–Crippen LogP) is 6.07. The average Bonchev–Trinajstić information content (AvgIpc) is 3.50. The number of benzene rings is 2. The molecule has 4 aromatic rings. The smallest absolute Gasteiger partial charge is 0.416 e. The molecule has 1 N–H and O–H groups in total. The number of alkyl halides is 3. The zero-order chi connectivity index (χ0) is 24.6. The molecule has 0 aliphatic carbocycles. The molecule has 35 heavy (non-hydrogen) atoms. The van der Waals surface area contributed by atoms with E-state index in [1.54, 1.807) is 4.90 Å². The normalized spacial score (nSPS) is 14.9. The number of carbonyl (C=O) groups excluding carboxylic acids is 2. The highest BCUT2D eigenvalue weighted by molar-refractivity contribution is 7.14. The van der Waals surface area contributed by atoms with Gasteiger partial charge in [-0.2, -0.15) is 13.2 Å². The van der Waals surface area contributed by atoms with Crippen molar-refractivity contribution in [2.75, 3.05) is 18.4 Å². The molecule has 2 amide bonds. The minimum absolute atomic E-state index is 0.169. The molecular weight excluding hydrogens is 479 g/mol. The zero-order valence-electron chi connectivity index (χ0n) is 18.3. The number of thiazole rings is 1. The molecule has 3 heterocycles. The van der Waals surface area contributed by atoms with Crippen LogP contribution in [0.5, 0.6) is 0 Å². The van der Waals surface area contributed by atoms with Crippen LogP contribution in [0.2, 0.25) is 0 Å². The molecule has 0 saturated carbocycles. The van der Waals surface area contributed by atoms with Crippen molar-refractivity contribution in [1.29, 1.82) is 0 Å². The number of fused-ring (bicyclic) bond motifs is 1. The van der Waals surface area contributed by atoms with Crippen LogP contribution in [0.25, 0.3) is 22.4 Å². The van der Waals surface area contributed by atoms with E-state index < -0.39 is 11.7 Å². The number of anilines is 1. The maximum Gasteiger partial charge on any atom is 0.416 e. The summed E-state index contributed by atoms with van der Waals surface area (Å²) in [6.07, 6.45) is -3.53. The van der Waals surface area contributed by atoms with Crippen LogP contribution in [-0.4, -0.2) is 34.8 Å². The molecule has 0 unspecified atom stereocenters. The molecular formula is C25H20F3N3O3S. The maximum absolute atomic E-state index is 12.8. The number of para-hydroxylation sites is 1. The standard InChI is InChI=1S/C25H20F3N3O3S/c26-25(27,28)18-7-5-16(6-8-18)23(33)31-11-9-15(10-12-31)22(32)30-24-29-19(14-35-24)21-13-17-3-1-2-4-20(17)34-21/h1-8,13-15H,9-12H2,(H,29,30,32). The summed E-state index contributed by atoms with van der Waals surface area (Å²) in [6.45, 7) is 0.695. The monoisotopic (exact) mass is 499 g/mol. The van der Waals surface area contributed by atoms with Crippen LogP contribution >= 0.6 is 11.3 Å². The number of halogens is 3. The van der Waals surface area contributed by atoms with Crippen molar-refractivity contribution in [2.45, 2.75) is 19.0 Å². The maximum atomic E-state index is 12.8. The number of piperidine rings is 1. The summed E-state index contributed by atoms with van der Waals surface area (Å²) in [7, 11) is 0. The Hall–Kier alpha value is -3.66. The third-order valence-corrected chi connectivity index (χ3v) is 6.78. The van der Waals surface area contributed by atoms with E-state index in [1.807, 2.05) is 35.7 Å². The van der Waals surface area contributed by atoms with E-state index in [9.17, 15) is 22.8 Å².